The molecule has 92 valence electrons. The van der Waals surface area contributed by atoms with Gasteiger partial charge in [-0.15, -0.1) is 0 Å². The van der Waals surface area contributed by atoms with Gasteiger partial charge in [-0.05, 0) is 12.8 Å². The van der Waals surface area contributed by atoms with Crippen LogP contribution < -0.4 is 5.32 Å². The third kappa shape index (κ3) is 5.15. The van der Waals surface area contributed by atoms with Crippen molar-refractivity contribution in [1.29, 1.82) is 5.26 Å². The van der Waals surface area contributed by atoms with Crippen LogP contribution in [0.3, 0.4) is 0 Å². The molecule has 0 spiro atoms. The second-order valence-corrected chi connectivity index (χ2v) is 3.40. The molecule has 0 atom stereocenters. The fraction of sp³-hybridized carbons (Fsp3) is 0.500. The summed E-state index contributed by atoms with van der Waals surface area (Å²) in [6.07, 6.45) is -1.84. The van der Waals surface area contributed by atoms with Crippen molar-refractivity contribution in [3.63, 3.8) is 0 Å². The Morgan fingerprint density at radius 1 is 1.35 bits per heavy atom. The molecule has 0 saturated carbocycles. The number of rotatable bonds is 5. The summed E-state index contributed by atoms with van der Waals surface area (Å²) in [5.74, 6) is 0.356. The van der Waals surface area contributed by atoms with Gasteiger partial charge in [-0.1, -0.05) is 0 Å². The second-order valence-electron chi connectivity index (χ2n) is 3.40. The number of anilines is 1. The van der Waals surface area contributed by atoms with E-state index in [-0.39, 0.29) is 12.0 Å². The van der Waals surface area contributed by atoms with E-state index in [0.717, 1.165) is 0 Å². The van der Waals surface area contributed by atoms with Crippen LogP contribution in [-0.4, -0.2) is 22.7 Å². The van der Waals surface area contributed by atoms with Gasteiger partial charge in [0.15, 0.2) is 0 Å². The Bertz CT molecular complexity index is 397. The lowest BCUT2D eigenvalue weighted by atomic mass is 10.2. The molecule has 1 aromatic rings. The fourth-order valence-electron chi connectivity index (χ4n) is 1.21. The van der Waals surface area contributed by atoms with Gasteiger partial charge in [0.1, 0.15) is 23.8 Å². The van der Waals surface area contributed by atoms with Crippen molar-refractivity contribution in [3.05, 3.63) is 18.1 Å². The lowest BCUT2D eigenvalue weighted by Crippen LogP contribution is -2.09. The highest BCUT2D eigenvalue weighted by Gasteiger charge is 2.25. The SMILES string of the molecule is N#Cc1cncnc1NCCCCC(F)(F)F. The maximum atomic E-state index is 11.8. The summed E-state index contributed by atoms with van der Waals surface area (Å²) in [4.78, 5) is 7.50. The van der Waals surface area contributed by atoms with Gasteiger partial charge in [-0.25, -0.2) is 9.97 Å². The molecule has 0 aromatic carbocycles. The van der Waals surface area contributed by atoms with Gasteiger partial charge >= 0.3 is 6.18 Å². The van der Waals surface area contributed by atoms with Crippen LogP contribution in [0.4, 0.5) is 19.0 Å². The van der Waals surface area contributed by atoms with Crippen LogP contribution in [0.25, 0.3) is 0 Å². The second kappa shape index (κ2) is 6.03. The molecule has 1 heterocycles. The summed E-state index contributed by atoms with van der Waals surface area (Å²) >= 11 is 0. The van der Waals surface area contributed by atoms with Gasteiger partial charge in [0.25, 0.3) is 0 Å². The topological polar surface area (TPSA) is 61.6 Å². The van der Waals surface area contributed by atoms with Crippen LogP contribution in [0.15, 0.2) is 12.5 Å². The highest BCUT2D eigenvalue weighted by molar-refractivity contribution is 5.49. The molecule has 0 radical (unpaired) electrons. The van der Waals surface area contributed by atoms with Crippen LogP contribution in [-0.2, 0) is 0 Å². The average Bonchev–Trinajstić information content (AvgIpc) is 2.27. The predicted molar refractivity (Wildman–Crippen MR) is 55.1 cm³/mol. The minimum absolute atomic E-state index is 0.0590. The normalized spacial score (nSPS) is 10.9. The van der Waals surface area contributed by atoms with E-state index in [1.54, 1.807) is 0 Å². The molecule has 4 nitrogen and oxygen atoms in total. The van der Waals surface area contributed by atoms with Crippen LogP contribution >= 0.6 is 0 Å². The van der Waals surface area contributed by atoms with Gasteiger partial charge < -0.3 is 5.32 Å². The first-order valence-corrected chi connectivity index (χ1v) is 5.03. The molecule has 0 amide bonds. The molecule has 1 N–H and O–H groups in total. The third-order valence-corrected chi connectivity index (χ3v) is 2.01. The smallest absolute Gasteiger partial charge is 0.369 e. The van der Waals surface area contributed by atoms with Crippen molar-refractivity contribution in [1.82, 2.24) is 9.97 Å². The summed E-state index contributed by atoms with van der Waals surface area (Å²) < 4.78 is 35.5. The number of nitrogens with one attached hydrogen (secondary N) is 1. The lowest BCUT2D eigenvalue weighted by molar-refractivity contribution is -0.135. The van der Waals surface area contributed by atoms with E-state index in [9.17, 15) is 13.2 Å². The van der Waals surface area contributed by atoms with Gasteiger partial charge in [-0.2, -0.15) is 18.4 Å². The Labute approximate surface area is 96.5 Å². The summed E-state index contributed by atoms with van der Waals surface area (Å²) in [5, 5.41) is 11.5. The van der Waals surface area contributed by atoms with Crippen LogP contribution in [0.5, 0.6) is 0 Å². The number of hydrogen-bond donors (Lipinski definition) is 1. The van der Waals surface area contributed by atoms with Gasteiger partial charge in [0.05, 0.1) is 6.20 Å². The van der Waals surface area contributed by atoms with Crippen LogP contribution in [0.2, 0.25) is 0 Å². The monoisotopic (exact) mass is 244 g/mol. The Balaban J connectivity index is 2.30. The number of halogens is 3. The minimum atomic E-state index is -4.10. The molecule has 0 bridgehead atoms. The molecule has 0 aliphatic carbocycles. The third-order valence-electron chi connectivity index (χ3n) is 2.01. The molecule has 0 aliphatic heterocycles. The van der Waals surface area contributed by atoms with E-state index in [4.69, 9.17) is 5.26 Å². The summed E-state index contributed by atoms with van der Waals surface area (Å²) in [5.41, 5.74) is 0.281. The van der Waals surface area contributed by atoms with E-state index in [1.807, 2.05) is 6.07 Å². The maximum Gasteiger partial charge on any atom is 0.389 e. The molecular formula is C10H11F3N4. The predicted octanol–water partition coefficient (Wildman–Crippen LogP) is 2.49. The number of nitrogens with zero attached hydrogens (tertiary/aromatic N) is 3. The molecule has 0 saturated heterocycles. The molecule has 7 heteroatoms. The van der Waals surface area contributed by atoms with Crippen molar-refractivity contribution < 1.29 is 13.2 Å². The Morgan fingerprint density at radius 3 is 2.76 bits per heavy atom. The van der Waals surface area contributed by atoms with Crippen molar-refractivity contribution in [2.75, 3.05) is 11.9 Å². The van der Waals surface area contributed by atoms with Crippen molar-refractivity contribution in [3.8, 4) is 6.07 Å². The Hall–Kier alpha value is -1.84. The average molecular weight is 244 g/mol. The van der Waals surface area contributed by atoms with E-state index in [2.05, 4.69) is 15.3 Å². The largest absolute Gasteiger partial charge is 0.389 e. The highest BCUT2D eigenvalue weighted by Crippen LogP contribution is 2.22. The number of hydrogen-bond acceptors (Lipinski definition) is 4. The molecule has 1 rings (SSSR count). The number of aromatic nitrogens is 2. The quantitative estimate of drug-likeness (QED) is 0.808. The first kappa shape index (κ1) is 13.2. The van der Waals surface area contributed by atoms with Crippen molar-refractivity contribution in [2.24, 2.45) is 0 Å². The van der Waals surface area contributed by atoms with E-state index < -0.39 is 12.6 Å². The van der Waals surface area contributed by atoms with Crippen molar-refractivity contribution in [2.45, 2.75) is 25.4 Å². The zero-order valence-corrected chi connectivity index (χ0v) is 8.96. The highest BCUT2D eigenvalue weighted by atomic mass is 19.4. The van der Waals surface area contributed by atoms with E-state index >= 15 is 0 Å². The number of unbranched alkanes of at least 4 members (excludes halogenated alkanes) is 1. The summed E-state index contributed by atoms with van der Waals surface area (Å²) in [6, 6.07) is 1.89. The molecule has 0 fully saturated rings. The zero-order valence-electron chi connectivity index (χ0n) is 8.96. The van der Waals surface area contributed by atoms with E-state index in [1.165, 1.54) is 12.5 Å². The Kier molecular flexibility index (Phi) is 4.69. The van der Waals surface area contributed by atoms with Gasteiger partial charge in [0.2, 0.25) is 0 Å². The summed E-state index contributed by atoms with van der Waals surface area (Å²) in [6.45, 7) is 0.349. The first-order chi connectivity index (χ1) is 8.03. The number of alkyl halides is 3. The fourth-order valence-corrected chi connectivity index (χ4v) is 1.21. The van der Waals surface area contributed by atoms with Gasteiger partial charge in [0, 0.05) is 13.0 Å². The van der Waals surface area contributed by atoms with Crippen molar-refractivity contribution >= 4 is 5.82 Å². The number of nitriles is 1. The van der Waals surface area contributed by atoms with E-state index in [0.29, 0.717) is 18.8 Å². The molecule has 17 heavy (non-hydrogen) atoms. The maximum absolute atomic E-state index is 11.8. The van der Waals surface area contributed by atoms with Gasteiger partial charge in [-0.3, -0.25) is 0 Å². The first-order valence-electron chi connectivity index (χ1n) is 5.03. The van der Waals surface area contributed by atoms with Crippen LogP contribution in [0.1, 0.15) is 24.8 Å². The molecular weight excluding hydrogens is 233 g/mol. The Morgan fingerprint density at radius 2 is 2.12 bits per heavy atom. The molecule has 0 aliphatic rings. The standard InChI is InChI=1S/C10H11F3N4/c11-10(12,13)3-1-2-4-16-9-8(5-14)6-15-7-17-9/h6-7H,1-4H2,(H,15,16,17). The lowest BCUT2D eigenvalue weighted by Gasteiger charge is -2.07. The minimum Gasteiger partial charge on any atom is -0.369 e. The molecule has 1 aromatic heterocycles. The van der Waals surface area contributed by atoms with Crippen LogP contribution in [0, 0.1) is 11.3 Å². The zero-order chi connectivity index (χ0) is 12.7. The summed E-state index contributed by atoms with van der Waals surface area (Å²) in [7, 11) is 0. The molecule has 0 unspecified atom stereocenters.